The number of aliphatic hydroxyl groups excluding tert-OH is 1. The molecule has 11 nitrogen and oxygen atoms in total. The minimum absolute atomic E-state index is 0.0878. The molecule has 4 amide bonds. The van der Waals surface area contributed by atoms with Gasteiger partial charge in [-0.2, -0.15) is 0 Å². The number of carbonyl (C=O) groups excluding carboxylic acids is 4. The van der Waals surface area contributed by atoms with Gasteiger partial charge in [0.05, 0.1) is 37.3 Å². The number of likely N-dealkylation sites (N-methyl/N-ethyl adjacent to an activating group) is 1. The summed E-state index contributed by atoms with van der Waals surface area (Å²) in [5.41, 5.74) is 0.212. The van der Waals surface area contributed by atoms with Gasteiger partial charge in [0.25, 0.3) is 5.91 Å². The number of amides is 4. The van der Waals surface area contributed by atoms with Crippen LogP contribution < -0.4 is 15.4 Å². The summed E-state index contributed by atoms with van der Waals surface area (Å²) in [5, 5.41) is 14.8. The van der Waals surface area contributed by atoms with Crippen molar-refractivity contribution < 1.29 is 33.8 Å². The Balaban J connectivity index is 1.91. The summed E-state index contributed by atoms with van der Waals surface area (Å²) >= 11 is 0. The highest BCUT2D eigenvalue weighted by molar-refractivity contribution is 6.01. The van der Waals surface area contributed by atoms with Crippen LogP contribution >= 0.6 is 0 Å². The molecule has 4 atom stereocenters. The second kappa shape index (κ2) is 11.3. The van der Waals surface area contributed by atoms with Crippen LogP contribution in [0, 0.1) is 0 Å². The lowest BCUT2D eigenvalue weighted by Crippen LogP contribution is -2.57. The van der Waals surface area contributed by atoms with E-state index in [4.69, 9.17) is 9.47 Å². The molecule has 0 aromatic heterocycles. The van der Waals surface area contributed by atoms with Crippen molar-refractivity contribution in [2.75, 3.05) is 39.9 Å². The quantitative estimate of drug-likeness (QED) is 0.505. The molecule has 2 aliphatic rings. The molecule has 0 spiro atoms. The Labute approximate surface area is 198 Å². The number of aliphatic hydroxyl groups is 1. The maximum atomic E-state index is 13.4. The average Bonchev–Trinajstić information content (AvgIpc) is 2.80. The third-order valence-corrected chi connectivity index (χ3v) is 5.73. The average molecular weight is 477 g/mol. The van der Waals surface area contributed by atoms with E-state index in [2.05, 4.69) is 10.6 Å². The number of carbonyl (C=O) groups is 4. The minimum atomic E-state index is -1.19. The Morgan fingerprint density at radius 2 is 1.79 bits per heavy atom. The molecule has 2 aliphatic heterocycles. The highest BCUT2D eigenvalue weighted by atomic mass is 16.5. The van der Waals surface area contributed by atoms with Crippen molar-refractivity contribution in [1.82, 2.24) is 20.4 Å². The van der Waals surface area contributed by atoms with E-state index in [0.29, 0.717) is 18.8 Å². The summed E-state index contributed by atoms with van der Waals surface area (Å²) in [6, 6.07) is 4.19. The lowest BCUT2D eigenvalue weighted by Gasteiger charge is -2.37. The molecule has 1 aromatic carbocycles. The first kappa shape index (κ1) is 25.4. The van der Waals surface area contributed by atoms with Gasteiger partial charge >= 0.3 is 0 Å². The molecular formula is C23H32N4O7. The van der Waals surface area contributed by atoms with Crippen LogP contribution in [0.1, 0.15) is 30.6 Å². The van der Waals surface area contributed by atoms with Crippen LogP contribution in [0.5, 0.6) is 5.75 Å². The Morgan fingerprint density at radius 3 is 2.47 bits per heavy atom. The maximum Gasteiger partial charge on any atom is 0.255 e. The van der Waals surface area contributed by atoms with Crippen LogP contribution in [0.25, 0.3) is 0 Å². The molecule has 2 heterocycles. The van der Waals surface area contributed by atoms with Gasteiger partial charge in [-0.05, 0) is 26.0 Å². The third kappa shape index (κ3) is 6.23. The first-order valence-corrected chi connectivity index (χ1v) is 11.3. The summed E-state index contributed by atoms with van der Waals surface area (Å²) in [7, 11) is 1.53. The summed E-state index contributed by atoms with van der Waals surface area (Å²) in [5.74, 6) is -1.83. The van der Waals surface area contributed by atoms with E-state index in [1.807, 2.05) is 13.8 Å². The molecular weight excluding hydrogens is 444 g/mol. The van der Waals surface area contributed by atoms with Gasteiger partial charge in [0.2, 0.25) is 17.7 Å². The number of nitrogens with zero attached hydrogens (tertiary/aromatic N) is 2. The number of hydrogen-bond acceptors (Lipinski definition) is 7. The maximum absolute atomic E-state index is 13.4. The smallest absolute Gasteiger partial charge is 0.255 e. The summed E-state index contributed by atoms with van der Waals surface area (Å²) in [6.07, 6.45) is -0.796. The van der Waals surface area contributed by atoms with Gasteiger partial charge in [0, 0.05) is 20.1 Å². The lowest BCUT2D eigenvalue weighted by atomic mass is 10.1. The van der Waals surface area contributed by atoms with Crippen molar-refractivity contribution >= 4 is 23.6 Å². The fraction of sp³-hybridized carbons (Fsp3) is 0.565. The number of para-hydroxylation sites is 1. The number of morpholine rings is 1. The van der Waals surface area contributed by atoms with Crippen molar-refractivity contribution in [2.45, 2.75) is 44.6 Å². The molecule has 186 valence electrons. The van der Waals surface area contributed by atoms with Crippen LogP contribution in [0.4, 0.5) is 0 Å². The fourth-order valence-corrected chi connectivity index (χ4v) is 4.09. The number of benzene rings is 1. The molecule has 0 radical (unpaired) electrons. The van der Waals surface area contributed by atoms with Crippen LogP contribution in [-0.4, -0.2) is 103 Å². The van der Waals surface area contributed by atoms with Crippen LogP contribution in [0.2, 0.25) is 0 Å². The predicted molar refractivity (Wildman–Crippen MR) is 121 cm³/mol. The van der Waals surface area contributed by atoms with E-state index >= 15 is 0 Å². The topological polar surface area (TPSA) is 138 Å². The van der Waals surface area contributed by atoms with Gasteiger partial charge in [-0.15, -0.1) is 0 Å². The van der Waals surface area contributed by atoms with E-state index in [1.165, 1.54) is 11.9 Å². The fourth-order valence-electron chi connectivity index (χ4n) is 4.09. The zero-order valence-electron chi connectivity index (χ0n) is 19.7. The number of nitrogens with one attached hydrogen (secondary N) is 2. The van der Waals surface area contributed by atoms with E-state index < -0.39 is 48.7 Å². The molecule has 3 rings (SSSR count). The highest BCUT2D eigenvalue weighted by Crippen LogP contribution is 2.19. The third-order valence-electron chi connectivity index (χ3n) is 5.73. The van der Waals surface area contributed by atoms with Gasteiger partial charge in [-0.1, -0.05) is 12.1 Å². The molecule has 3 N–H and O–H groups in total. The molecule has 1 saturated heterocycles. The second-order valence-electron chi connectivity index (χ2n) is 8.64. The monoisotopic (exact) mass is 476 g/mol. The van der Waals surface area contributed by atoms with E-state index in [9.17, 15) is 24.3 Å². The summed E-state index contributed by atoms with van der Waals surface area (Å²) < 4.78 is 11.4. The van der Waals surface area contributed by atoms with Gasteiger partial charge in [-0.25, -0.2) is 0 Å². The molecule has 34 heavy (non-hydrogen) atoms. The second-order valence-corrected chi connectivity index (χ2v) is 8.64. The van der Waals surface area contributed by atoms with E-state index in [0.717, 1.165) is 0 Å². The van der Waals surface area contributed by atoms with Crippen molar-refractivity contribution in [3.05, 3.63) is 29.8 Å². The van der Waals surface area contributed by atoms with Crippen molar-refractivity contribution in [3.8, 4) is 5.75 Å². The van der Waals surface area contributed by atoms with Crippen LogP contribution in [0.3, 0.4) is 0 Å². The summed E-state index contributed by atoms with van der Waals surface area (Å²) in [6.45, 7) is 3.98. The molecule has 11 heteroatoms. The molecule has 1 aromatic rings. The molecule has 0 bridgehead atoms. The van der Waals surface area contributed by atoms with Gasteiger partial charge in [0.1, 0.15) is 24.4 Å². The minimum Gasteiger partial charge on any atom is -0.491 e. The molecule has 1 fully saturated rings. The van der Waals surface area contributed by atoms with Crippen molar-refractivity contribution in [1.29, 1.82) is 0 Å². The number of fused-ring (bicyclic) bond motifs is 1. The first-order valence-electron chi connectivity index (χ1n) is 11.3. The van der Waals surface area contributed by atoms with Gasteiger partial charge < -0.3 is 35.0 Å². The Kier molecular flexibility index (Phi) is 8.46. The molecule has 0 unspecified atom stereocenters. The van der Waals surface area contributed by atoms with Crippen LogP contribution in [0.15, 0.2) is 24.3 Å². The summed E-state index contributed by atoms with van der Waals surface area (Å²) in [4.78, 5) is 54.8. The number of rotatable bonds is 2. The van der Waals surface area contributed by atoms with E-state index in [1.54, 1.807) is 29.2 Å². The molecule has 0 saturated carbocycles. The number of ether oxygens (including phenoxy) is 2. The Hall–Kier alpha value is -3.18. The number of hydrogen-bond donors (Lipinski definition) is 3. The predicted octanol–water partition coefficient (Wildman–Crippen LogP) is -0.861. The largest absolute Gasteiger partial charge is 0.491 e. The van der Waals surface area contributed by atoms with Crippen molar-refractivity contribution in [2.24, 2.45) is 0 Å². The van der Waals surface area contributed by atoms with Gasteiger partial charge in [0.15, 0.2) is 0 Å². The Morgan fingerprint density at radius 1 is 1.12 bits per heavy atom. The normalized spacial score (nSPS) is 27.1. The van der Waals surface area contributed by atoms with Crippen molar-refractivity contribution in [3.63, 3.8) is 0 Å². The SMILES string of the molecule is C[C@@H]1CN(C(=O)[C@@H]2CC(=O)N[C@@H](CO)C(=O)N(C)CCOc3ccccc3C(=O)N2)C[C@H](C)O1. The van der Waals surface area contributed by atoms with Crippen LogP contribution in [-0.2, 0) is 19.1 Å². The zero-order valence-corrected chi connectivity index (χ0v) is 19.7. The Bertz CT molecular complexity index is 914. The zero-order chi connectivity index (χ0) is 24.8. The lowest BCUT2D eigenvalue weighted by molar-refractivity contribution is -0.146. The van der Waals surface area contributed by atoms with Gasteiger partial charge in [-0.3, -0.25) is 19.2 Å². The highest BCUT2D eigenvalue weighted by Gasteiger charge is 2.34. The molecule has 0 aliphatic carbocycles. The standard InChI is InChI=1S/C23H32N4O7/c1-14-11-27(12-15(2)34-14)23(32)17-10-20(29)24-18(13-28)22(31)26(3)8-9-33-19-7-5-4-6-16(19)21(30)25-17/h4-7,14-15,17-18,28H,8-13H2,1-3H3,(H,24,29)(H,25,30)/t14-,15+,17-,18-/m0/s1. The first-order chi connectivity index (χ1) is 16.2. The van der Waals surface area contributed by atoms with E-state index in [-0.39, 0.29) is 30.9 Å².